The van der Waals surface area contributed by atoms with E-state index in [0.717, 1.165) is 24.6 Å². The molecule has 1 unspecified atom stereocenters. The van der Waals surface area contributed by atoms with Crippen LogP contribution in [0.5, 0.6) is 0 Å². The molecule has 0 aromatic heterocycles. The highest BCUT2D eigenvalue weighted by atomic mass is 19.2. The Labute approximate surface area is 118 Å². The van der Waals surface area contributed by atoms with Crippen LogP contribution >= 0.6 is 0 Å². The monoisotopic (exact) mass is 275 g/mol. The summed E-state index contributed by atoms with van der Waals surface area (Å²) in [6.07, 6.45) is 1.43. The van der Waals surface area contributed by atoms with E-state index in [9.17, 15) is 8.78 Å². The van der Waals surface area contributed by atoms with Crippen molar-refractivity contribution in [1.82, 2.24) is 5.32 Å². The van der Waals surface area contributed by atoms with Gasteiger partial charge >= 0.3 is 0 Å². The Hall–Kier alpha value is -1.74. The molecular weight excluding hydrogens is 256 g/mol. The van der Waals surface area contributed by atoms with Gasteiger partial charge in [0.05, 0.1) is 0 Å². The molecule has 106 valence electrons. The van der Waals surface area contributed by atoms with Crippen LogP contribution in [0.1, 0.15) is 30.5 Å². The largest absolute Gasteiger partial charge is 0.310 e. The summed E-state index contributed by atoms with van der Waals surface area (Å²) in [5, 5.41) is 3.39. The highest BCUT2D eigenvalue weighted by molar-refractivity contribution is 5.25. The summed E-state index contributed by atoms with van der Waals surface area (Å²) in [6.45, 7) is 2.92. The van der Waals surface area contributed by atoms with Crippen LogP contribution in [0, 0.1) is 11.6 Å². The van der Waals surface area contributed by atoms with Crippen LogP contribution in [0.15, 0.2) is 48.5 Å². The first-order valence-electron chi connectivity index (χ1n) is 6.93. The quantitative estimate of drug-likeness (QED) is 0.831. The zero-order valence-corrected chi connectivity index (χ0v) is 11.6. The molecule has 0 fully saturated rings. The first-order valence-corrected chi connectivity index (χ1v) is 6.93. The van der Waals surface area contributed by atoms with E-state index in [0.29, 0.717) is 12.0 Å². The molecule has 0 aliphatic carbocycles. The average Bonchev–Trinajstić information content (AvgIpc) is 2.48. The summed E-state index contributed by atoms with van der Waals surface area (Å²) < 4.78 is 27.1. The van der Waals surface area contributed by atoms with Crippen LogP contribution in [-0.2, 0) is 6.42 Å². The molecule has 0 heterocycles. The molecule has 0 spiro atoms. The zero-order chi connectivity index (χ0) is 14.4. The Morgan fingerprint density at radius 2 is 1.75 bits per heavy atom. The first kappa shape index (κ1) is 14.7. The Morgan fingerprint density at radius 3 is 2.45 bits per heavy atom. The van der Waals surface area contributed by atoms with E-state index in [4.69, 9.17) is 0 Å². The molecule has 20 heavy (non-hydrogen) atoms. The fraction of sp³-hybridized carbons (Fsp3) is 0.294. The van der Waals surface area contributed by atoms with Crippen LogP contribution in [0.2, 0.25) is 0 Å². The van der Waals surface area contributed by atoms with Crippen molar-refractivity contribution in [2.45, 2.75) is 25.8 Å². The number of nitrogens with one attached hydrogen (secondary N) is 1. The van der Waals surface area contributed by atoms with Gasteiger partial charge < -0.3 is 5.32 Å². The molecule has 2 rings (SSSR count). The second kappa shape index (κ2) is 7.15. The minimum Gasteiger partial charge on any atom is -0.310 e. The van der Waals surface area contributed by atoms with Crippen molar-refractivity contribution in [3.8, 4) is 0 Å². The Bertz CT molecular complexity index is 540. The van der Waals surface area contributed by atoms with Gasteiger partial charge in [0.2, 0.25) is 0 Å². The second-order valence-corrected chi connectivity index (χ2v) is 4.83. The molecule has 0 saturated carbocycles. The van der Waals surface area contributed by atoms with Crippen LogP contribution in [0.4, 0.5) is 8.78 Å². The normalized spacial score (nSPS) is 12.3. The highest BCUT2D eigenvalue weighted by Crippen LogP contribution is 2.21. The van der Waals surface area contributed by atoms with Gasteiger partial charge in [-0.15, -0.1) is 0 Å². The van der Waals surface area contributed by atoms with E-state index in [-0.39, 0.29) is 6.04 Å². The van der Waals surface area contributed by atoms with Gasteiger partial charge in [-0.1, -0.05) is 49.4 Å². The van der Waals surface area contributed by atoms with Crippen molar-refractivity contribution in [3.63, 3.8) is 0 Å². The molecular formula is C17H19F2N. The van der Waals surface area contributed by atoms with E-state index in [1.54, 1.807) is 12.1 Å². The summed E-state index contributed by atoms with van der Waals surface area (Å²) >= 11 is 0. The summed E-state index contributed by atoms with van der Waals surface area (Å²) in [4.78, 5) is 0. The molecule has 2 aromatic rings. The highest BCUT2D eigenvalue weighted by Gasteiger charge is 2.15. The third-order valence-electron chi connectivity index (χ3n) is 3.30. The van der Waals surface area contributed by atoms with Gasteiger partial charge in [-0.3, -0.25) is 0 Å². The van der Waals surface area contributed by atoms with Gasteiger partial charge in [0.25, 0.3) is 0 Å². The third kappa shape index (κ3) is 3.64. The molecule has 3 heteroatoms. The number of hydrogen-bond acceptors (Lipinski definition) is 1. The molecule has 1 nitrogen and oxygen atoms in total. The lowest BCUT2D eigenvalue weighted by atomic mass is 9.98. The molecule has 0 saturated heterocycles. The predicted octanol–water partition coefficient (Wildman–Crippen LogP) is 4.25. The van der Waals surface area contributed by atoms with Crippen LogP contribution < -0.4 is 5.32 Å². The van der Waals surface area contributed by atoms with Gasteiger partial charge in [-0.05, 0) is 36.6 Å². The zero-order valence-electron chi connectivity index (χ0n) is 11.6. The van der Waals surface area contributed by atoms with Crippen molar-refractivity contribution in [1.29, 1.82) is 0 Å². The smallest absolute Gasteiger partial charge is 0.162 e. The lowest BCUT2D eigenvalue weighted by molar-refractivity contribution is 0.477. The molecule has 0 radical (unpaired) electrons. The number of rotatable bonds is 6. The number of halogens is 2. The Kier molecular flexibility index (Phi) is 5.24. The lowest BCUT2D eigenvalue weighted by Crippen LogP contribution is -2.24. The summed E-state index contributed by atoms with van der Waals surface area (Å²) in [7, 11) is 0. The van der Waals surface area contributed by atoms with Gasteiger partial charge in [-0.25, -0.2) is 8.78 Å². The minimum absolute atomic E-state index is 0.00699. The van der Waals surface area contributed by atoms with E-state index >= 15 is 0 Å². The SMILES string of the molecule is CCCNC(Cc1cccc(F)c1F)c1ccccc1. The second-order valence-electron chi connectivity index (χ2n) is 4.83. The van der Waals surface area contributed by atoms with Gasteiger partial charge in [0, 0.05) is 6.04 Å². The summed E-state index contributed by atoms with van der Waals surface area (Å²) in [6, 6.07) is 14.2. The standard InChI is InChI=1S/C17H19F2N/c1-2-11-20-16(13-7-4-3-5-8-13)12-14-9-6-10-15(18)17(14)19/h3-10,16,20H,2,11-12H2,1H3. The van der Waals surface area contributed by atoms with Gasteiger partial charge in [0.15, 0.2) is 11.6 Å². The molecule has 0 bridgehead atoms. The average molecular weight is 275 g/mol. The van der Waals surface area contributed by atoms with E-state index in [2.05, 4.69) is 12.2 Å². The fourth-order valence-corrected chi connectivity index (χ4v) is 2.24. The molecule has 1 atom stereocenters. The van der Waals surface area contributed by atoms with Crippen LogP contribution in [0.3, 0.4) is 0 Å². The topological polar surface area (TPSA) is 12.0 Å². The lowest BCUT2D eigenvalue weighted by Gasteiger charge is -2.19. The molecule has 1 N–H and O–H groups in total. The van der Waals surface area contributed by atoms with E-state index < -0.39 is 11.6 Å². The number of hydrogen-bond donors (Lipinski definition) is 1. The maximum absolute atomic E-state index is 13.8. The predicted molar refractivity (Wildman–Crippen MR) is 77.5 cm³/mol. The Balaban J connectivity index is 2.21. The van der Waals surface area contributed by atoms with Crippen molar-refractivity contribution >= 4 is 0 Å². The molecule has 2 aromatic carbocycles. The maximum atomic E-state index is 13.8. The summed E-state index contributed by atoms with van der Waals surface area (Å²) in [5.41, 5.74) is 1.49. The van der Waals surface area contributed by atoms with Crippen molar-refractivity contribution in [2.24, 2.45) is 0 Å². The van der Waals surface area contributed by atoms with Gasteiger partial charge in [0.1, 0.15) is 0 Å². The summed E-state index contributed by atoms with van der Waals surface area (Å²) in [5.74, 6) is -1.53. The molecule has 0 aliphatic rings. The van der Waals surface area contributed by atoms with Gasteiger partial charge in [-0.2, -0.15) is 0 Å². The Morgan fingerprint density at radius 1 is 1.00 bits per heavy atom. The number of benzene rings is 2. The molecule has 0 aliphatic heterocycles. The van der Waals surface area contributed by atoms with Crippen molar-refractivity contribution in [3.05, 3.63) is 71.3 Å². The first-order chi connectivity index (χ1) is 9.72. The van der Waals surface area contributed by atoms with E-state index in [1.807, 2.05) is 30.3 Å². The van der Waals surface area contributed by atoms with Crippen molar-refractivity contribution < 1.29 is 8.78 Å². The van der Waals surface area contributed by atoms with Crippen LogP contribution in [-0.4, -0.2) is 6.54 Å². The maximum Gasteiger partial charge on any atom is 0.162 e. The van der Waals surface area contributed by atoms with Crippen LogP contribution in [0.25, 0.3) is 0 Å². The fourth-order valence-electron chi connectivity index (χ4n) is 2.24. The third-order valence-corrected chi connectivity index (χ3v) is 3.30. The van der Waals surface area contributed by atoms with Crippen molar-refractivity contribution in [2.75, 3.05) is 6.54 Å². The molecule has 0 amide bonds. The van der Waals surface area contributed by atoms with E-state index in [1.165, 1.54) is 0 Å². The minimum atomic E-state index is -0.787.